The van der Waals surface area contributed by atoms with E-state index < -0.39 is 0 Å². The van der Waals surface area contributed by atoms with Crippen molar-refractivity contribution in [3.63, 3.8) is 0 Å². The maximum atomic E-state index is 12.9. The highest BCUT2D eigenvalue weighted by Gasteiger charge is 2.31. The minimum Gasteiger partial charge on any atom is -0.469 e. The van der Waals surface area contributed by atoms with Crippen LogP contribution in [0.25, 0.3) is 0 Å². The Hall–Kier alpha value is -2.85. The van der Waals surface area contributed by atoms with Gasteiger partial charge in [0.15, 0.2) is 0 Å². The van der Waals surface area contributed by atoms with Crippen LogP contribution in [0.1, 0.15) is 67.0 Å². The predicted octanol–water partition coefficient (Wildman–Crippen LogP) is 6.05. The molecule has 3 aromatic rings. The van der Waals surface area contributed by atoms with Gasteiger partial charge in [0.25, 0.3) is 0 Å². The molecule has 33 heavy (non-hydrogen) atoms. The average molecular weight is 445 g/mol. The lowest BCUT2D eigenvalue weighted by Crippen LogP contribution is -2.33. The summed E-state index contributed by atoms with van der Waals surface area (Å²) in [5, 5.41) is 3.73. The summed E-state index contributed by atoms with van der Waals surface area (Å²) in [5.74, 6) is -0.312. The number of nitrogens with one attached hydrogen (secondary N) is 1. The quantitative estimate of drug-likeness (QED) is 0.471. The first-order chi connectivity index (χ1) is 16.2. The number of methoxy groups -OCH3 is 1. The molecule has 2 unspecified atom stereocenters. The molecule has 1 aliphatic carbocycles. The van der Waals surface area contributed by atoms with Crippen LogP contribution in [-0.2, 0) is 29.0 Å². The molecule has 4 nitrogen and oxygen atoms in total. The van der Waals surface area contributed by atoms with Crippen molar-refractivity contribution < 1.29 is 9.53 Å². The first-order valence-electron chi connectivity index (χ1n) is 12.3. The van der Waals surface area contributed by atoms with Crippen LogP contribution in [0.2, 0.25) is 0 Å². The van der Waals surface area contributed by atoms with Crippen molar-refractivity contribution in [3.05, 3.63) is 95.3 Å². The highest BCUT2D eigenvalue weighted by atomic mass is 16.5. The summed E-state index contributed by atoms with van der Waals surface area (Å²) in [4.78, 5) is 12.9. The van der Waals surface area contributed by atoms with Gasteiger partial charge < -0.3 is 14.6 Å². The third kappa shape index (κ3) is 6.35. The van der Waals surface area contributed by atoms with Crippen molar-refractivity contribution in [2.45, 2.75) is 64.1 Å². The zero-order valence-corrected chi connectivity index (χ0v) is 19.7. The van der Waals surface area contributed by atoms with E-state index in [-0.39, 0.29) is 17.9 Å². The van der Waals surface area contributed by atoms with Gasteiger partial charge in [-0.25, -0.2) is 0 Å². The second-order valence-electron chi connectivity index (χ2n) is 9.16. The highest BCUT2D eigenvalue weighted by Crippen LogP contribution is 2.31. The number of carbonyl (C=O) groups is 1. The lowest BCUT2D eigenvalue weighted by Gasteiger charge is -2.26. The van der Waals surface area contributed by atoms with E-state index in [9.17, 15) is 4.79 Å². The van der Waals surface area contributed by atoms with Crippen LogP contribution < -0.4 is 5.32 Å². The van der Waals surface area contributed by atoms with E-state index in [4.69, 9.17) is 4.74 Å². The summed E-state index contributed by atoms with van der Waals surface area (Å²) < 4.78 is 7.67. The van der Waals surface area contributed by atoms with E-state index >= 15 is 0 Å². The van der Waals surface area contributed by atoms with E-state index in [2.05, 4.69) is 76.7 Å². The van der Waals surface area contributed by atoms with Gasteiger partial charge in [0, 0.05) is 31.0 Å². The Morgan fingerprint density at radius 2 is 1.61 bits per heavy atom. The molecular formula is C29H36N2O2. The van der Waals surface area contributed by atoms with Crippen LogP contribution in [0.15, 0.2) is 72.9 Å². The summed E-state index contributed by atoms with van der Waals surface area (Å²) >= 11 is 0. The predicted molar refractivity (Wildman–Crippen MR) is 133 cm³/mol. The zero-order valence-electron chi connectivity index (χ0n) is 19.7. The summed E-state index contributed by atoms with van der Waals surface area (Å²) in [6.45, 7) is 1.57. The standard InChI is InChI=1S/C29H36N2O2/c1-33-29(32)27-18-12-4-2-3-11-17-26-19-25(22-31(26)21-24-15-9-6-10-16-24)28(27)30-20-23-13-7-5-8-14-23/h5-10,13-16,19,22,27-28,30H,2-4,11-12,17-18,20-21H2,1H3. The Kier molecular flexibility index (Phi) is 8.37. The van der Waals surface area contributed by atoms with Crippen molar-refractivity contribution in [2.75, 3.05) is 7.11 Å². The Balaban J connectivity index is 1.68. The SMILES string of the molecule is COC(=O)C1CCCCCCCc2cc(cn2Cc2ccccc2)C1NCc1ccccc1. The molecule has 2 aromatic carbocycles. The first kappa shape index (κ1) is 23.3. The Bertz CT molecular complexity index is 997. The summed E-state index contributed by atoms with van der Waals surface area (Å²) in [6, 6.07) is 23.3. The monoisotopic (exact) mass is 444 g/mol. The molecule has 0 fully saturated rings. The van der Waals surface area contributed by atoms with Gasteiger partial charge in [-0.15, -0.1) is 0 Å². The van der Waals surface area contributed by atoms with E-state index in [1.165, 1.54) is 55.2 Å². The molecule has 0 saturated heterocycles. The van der Waals surface area contributed by atoms with Crippen LogP contribution in [0, 0.1) is 5.92 Å². The number of carbonyl (C=O) groups excluding carboxylic acids is 1. The van der Waals surface area contributed by atoms with Gasteiger partial charge in [-0.3, -0.25) is 4.79 Å². The van der Waals surface area contributed by atoms with Crippen LogP contribution in [0.3, 0.4) is 0 Å². The van der Waals surface area contributed by atoms with Crippen LogP contribution in [0.4, 0.5) is 0 Å². The molecule has 0 amide bonds. The molecule has 2 atom stereocenters. The Labute approximate surface area is 198 Å². The lowest BCUT2D eigenvalue weighted by molar-refractivity contribution is -0.147. The van der Waals surface area contributed by atoms with Crippen molar-refractivity contribution in [1.82, 2.24) is 9.88 Å². The van der Waals surface area contributed by atoms with Crippen LogP contribution in [-0.4, -0.2) is 17.6 Å². The van der Waals surface area contributed by atoms with Gasteiger partial charge in [0.2, 0.25) is 0 Å². The fraction of sp³-hybridized carbons (Fsp3) is 0.414. The fourth-order valence-electron chi connectivity index (χ4n) is 4.98. The molecule has 0 spiro atoms. The molecule has 4 heteroatoms. The third-order valence-corrected chi connectivity index (χ3v) is 6.79. The normalized spacial score (nSPS) is 19.3. The molecule has 1 heterocycles. The number of esters is 1. The second-order valence-corrected chi connectivity index (χ2v) is 9.16. The maximum Gasteiger partial charge on any atom is 0.310 e. The second kappa shape index (κ2) is 11.9. The zero-order chi connectivity index (χ0) is 22.9. The number of hydrogen-bond donors (Lipinski definition) is 1. The highest BCUT2D eigenvalue weighted by molar-refractivity contribution is 5.73. The van der Waals surface area contributed by atoms with E-state index in [1.807, 2.05) is 6.07 Å². The van der Waals surface area contributed by atoms with Gasteiger partial charge >= 0.3 is 5.97 Å². The summed E-state index contributed by atoms with van der Waals surface area (Å²) in [7, 11) is 1.51. The minimum absolute atomic E-state index is 0.0761. The van der Waals surface area contributed by atoms with Crippen LogP contribution in [0.5, 0.6) is 0 Å². The number of rotatable bonds is 6. The molecule has 1 aromatic heterocycles. The smallest absolute Gasteiger partial charge is 0.310 e. The van der Waals surface area contributed by atoms with Gasteiger partial charge in [0.05, 0.1) is 13.0 Å². The van der Waals surface area contributed by atoms with Crippen molar-refractivity contribution in [3.8, 4) is 0 Å². The van der Waals surface area contributed by atoms with Gasteiger partial charge in [0.1, 0.15) is 0 Å². The number of hydrogen-bond acceptors (Lipinski definition) is 3. The number of nitrogens with zero attached hydrogens (tertiary/aromatic N) is 1. The lowest BCUT2D eigenvalue weighted by atomic mass is 9.88. The molecule has 4 rings (SSSR count). The molecular weight excluding hydrogens is 408 g/mol. The summed E-state index contributed by atoms with van der Waals surface area (Å²) in [6.07, 6.45) is 10.1. The number of ether oxygens (including phenoxy) is 1. The molecule has 1 aliphatic rings. The summed E-state index contributed by atoms with van der Waals surface area (Å²) in [5.41, 5.74) is 5.05. The maximum absolute atomic E-state index is 12.9. The van der Waals surface area contributed by atoms with E-state index in [0.29, 0.717) is 0 Å². The number of aryl methyl sites for hydroxylation is 1. The molecule has 0 aliphatic heterocycles. The van der Waals surface area contributed by atoms with Gasteiger partial charge in [-0.1, -0.05) is 86.3 Å². The third-order valence-electron chi connectivity index (χ3n) is 6.79. The van der Waals surface area contributed by atoms with Gasteiger partial charge in [-0.05, 0) is 42.0 Å². The minimum atomic E-state index is -0.196. The molecule has 1 N–H and O–H groups in total. The van der Waals surface area contributed by atoms with Crippen molar-refractivity contribution in [2.24, 2.45) is 5.92 Å². The average Bonchev–Trinajstić information content (AvgIpc) is 3.24. The van der Waals surface area contributed by atoms with Crippen molar-refractivity contribution in [1.29, 1.82) is 0 Å². The van der Waals surface area contributed by atoms with E-state index in [1.54, 1.807) is 0 Å². The van der Waals surface area contributed by atoms with Gasteiger partial charge in [-0.2, -0.15) is 0 Å². The Morgan fingerprint density at radius 1 is 0.939 bits per heavy atom. The van der Waals surface area contributed by atoms with Crippen molar-refractivity contribution >= 4 is 5.97 Å². The first-order valence-corrected chi connectivity index (χ1v) is 12.3. The molecule has 2 bridgehead atoms. The molecule has 0 radical (unpaired) electrons. The number of aromatic nitrogens is 1. The fourth-order valence-corrected chi connectivity index (χ4v) is 4.98. The largest absolute Gasteiger partial charge is 0.469 e. The molecule has 174 valence electrons. The Morgan fingerprint density at radius 3 is 2.33 bits per heavy atom. The molecule has 0 saturated carbocycles. The topological polar surface area (TPSA) is 43.3 Å². The van der Waals surface area contributed by atoms with Crippen LogP contribution >= 0.6 is 0 Å². The van der Waals surface area contributed by atoms with E-state index in [0.717, 1.165) is 32.4 Å². The number of fused-ring (bicyclic) bond motifs is 2. The number of benzene rings is 2.